The highest BCUT2D eigenvalue weighted by Gasteiger charge is 2.26. The number of ether oxygens (including phenoxy) is 3. The third-order valence-electron chi connectivity index (χ3n) is 5.36. The lowest BCUT2D eigenvalue weighted by atomic mass is 10.1. The maximum atomic E-state index is 6.06. The lowest BCUT2D eigenvalue weighted by Gasteiger charge is -2.24. The van der Waals surface area contributed by atoms with E-state index in [4.69, 9.17) is 18.7 Å². The molecule has 150 valence electrons. The summed E-state index contributed by atoms with van der Waals surface area (Å²) in [6, 6.07) is 15.8. The van der Waals surface area contributed by atoms with Gasteiger partial charge in [-0.1, -0.05) is 41.1 Å². The SMILES string of the molecule is Cc1ccc(-c2noc(-c3cc4n(n3)C[C@@H](c3ccc5c(c3)OCO5)OC4)n2)cc1. The molecule has 0 amide bonds. The van der Waals surface area contributed by atoms with Gasteiger partial charge >= 0.3 is 0 Å². The van der Waals surface area contributed by atoms with Crippen LogP contribution < -0.4 is 9.47 Å². The van der Waals surface area contributed by atoms with Crippen molar-refractivity contribution in [2.45, 2.75) is 26.2 Å². The van der Waals surface area contributed by atoms with Crippen molar-refractivity contribution in [2.75, 3.05) is 6.79 Å². The number of benzene rings is 2. The summed E-state index contributed by atoms with van der Waals surface area (Å²) < 4.78 is 24.3. The van der Waals surface area contributed by atoms with Gasteiger partial charge in [0, 0.05) is 5.56 Å². The van der Waals surface area contributed by atoms with Crippen LogP contribution in [-0.4, -0.2) is 26.7 Å². The second kappa shape index (κ2) is 6.70. The second-order valence-electron chi connectivity index (χ2n) is 7.40. The first-order valence-corrected chi connectivity index (χ1v) is 9.72. The standard InChI is InChI=1S/C22H18N4O4/c1-13-2-4-14(5-3-13)21-23-22(30-25-21)17-9-16-11-27-20(10-26(16)24-17)15-6-7-18-19(8-15)29-12-28-18/h2-9,20H,10-12H2,1H3/t20-/m0/s1. The highest BCUT2D eigenvalue weighted by molar-refractivity contribution is 5.58. The van der Waals surface area contributed by atoms with Crippen LogP contribution in [0.4, 0.5) is 0 Å². The molecule has 4 aromatic rings. The van der Waals surface area contributed by atoms with Crippen LogP contribution in [0.1, 0.15) is 22.9 Å². The van der Waals surface area contributed by atoms with Crippen LogP contribution in [0, 0.1) is 6.92 Å². The molecule has 8 nitrogen and oxygen atoms in total. The predicted molar refractivity (Wildman–Crippen MR) is 106 cm³/mol. The van der Waals surface area contributed by atoms with Crippen molar-refractivity contribution in [1.82, 2.24) is 19.9 Å². The van der Waals surface area contributed by atoms with Gasteiger partial charge in [-0.3, -0.25) is 4.68 Å². The average Bonchev–Trinajstić information content (AvgIpc) is 3.51. The summed E-state index contributed by atoms with van der Waals surface area (Å²) in [5.74, 6) is 2.45. The molecule has 8 heteroatoms. The smallest absolute Gasteiger partial charge is 0.278 e. The number of hydrogen-bond donors (Lipinski definition) is 0. The van der Waals surface area contributed by atoms with Gasteiger partial charge < -0.3 is 18.7 Å². The van der Waals surface area contributed by atoms with Crippen molar-refractivity contribution in [3.05, 3.63) is 65.4 Å². The van der Waals surface area contributed by atoms with Crippen LogP contribution in [0.5, 0.6) is 11.5 Å². The van der Waals surface area contributed by atoms with Crippen molar-refractivity contribution in [1.29, 1.82) is 0 Å². The number of aromatic nitrogens is 4. The van der Waals surface area contributed by atoms with Gasteiger partial charge in [-0.05, 0) is 30.7 Å². The summed E-state index contributed by atoms with van der Waals surface area (Å²) in [4.78, 5) is 4.52. The Morgan fingerprint density at radius 1 is 1.00 bits per heavy atom. The number of hydrogen-bond acceptors (Lipinski definition) is 7. The monoisotopic (exact) mass is 402 g/mol. The van der Waals surface area contributed by atoms with Crippen LogP contribution in [0.3, 0.4) is 0 Å². The first kappa shape index (κ1) is 17.2. The minimum absolute atomic E-state index is 0.120. The molecule has 6 rings (SSSR count). The van der Waals surface area contributed by atoms with Crippen molar-refractivity contribution in [2.24, 2.45) is 0 Å². The Labute approximate surface area is 172 Å². The van der Waals surface area contributed by atoms with Gasteiger partial charge in [-0.25, -0.2) is 0 Å². The number of nitrogens with zero attached hydrogens (tertiary/aromatic N) is 4. The Hall–Kier alpha value is -3.65. The zero-order valence-electron chi connectivity index (χ0n) is 16.2. The topological polar surface area (TPSA) is 84.4 Å². The molecule has 0 aliphatic carbocycles. The molecule has 2 aromatic carbocycles. The van der Waals surface area contributed by atoms with Crippen LogP contribution in [0.2, 0.25) is 0 Å². The summed E-state index contributed by atoms with van der Waals surface area (Å²) in [5, 5.41) is 8.78. The lowest BCUT2D eigenvalue weighted by molar-refractivity contribution is -0.00122. The summed E-state index contributed by atoms with van der Waals surface area (Å²) >= 11 is 0. The van der Waals surface area contributed by atoms with Crippen LogP contribution >= 0.6 is 0 Å². The first-order valence-electron chi connectivity index (χ1n) is 9.72. The van der Waals surface area contributed by atoms with Crippen molar-refractivity contribution in [3.63, 3.8) is 0 Å². The summed E-state index contributed by atoms with van der Waals surface area (Å²) in [5.41, 5.74) is 4.73. The normalized spacial score (nSPS) is 17.2. The Balaban J connectivity index is 1.25. The quantitative estimate of drug-likeness (QED) is 0.514. The van der Waals surface area contributed by atoms with E-state index in [1.165, 1.54) is 5.56 Å². The molecule has 2 aliphatic heterocycles. The maximum Gasteiger partial charge on any atom is 0.278 e. The molecule has 2 aromatic heterocycles. The zero-order chi connectivity index (χ0) is 20.1. The molecule has 0 saturated heterocycles. The highest BCUT2D eigenvalue weighted by atomic mass is 16.7. The van der Waals surface area contributed by atoms with Crippen LogP contribution in [0.25, 0.3) is 23.0 Å². The fourth-order valence-electron chi connectivity index (χ4n) is 3.69. The molecule has 0 radical (unpaired) electrons. The molecule has 0 N–H and O–H groups in total. The van der Waals surface area contributed by atoms with Gasteiger partial charge in [0.2, 0.25) is 12.6 Å². The molecule has 0 bridgehead atoms. The summed E-state index contributed by atoms with van der Waals surface area (Å²) in [6.07, 6.45) is -0.120. The first-order chi connectivity index (χ1) is 14.7. The molecular formula is C22H18N4O4. The molecule has 0 fully saturated rings. The van der Waals surface area contributed by atoms with E-state index in [1.807, 2.05) is 60.1 Å². The third kappa shape index (κ3) is 2.93. The van der Waals surface area contributed by atoms with Gasteiger partial charge in [0.1, 0.15) is 6.10 Å². The fourth-order valence-corrected chi connectivity index (χ4v) is 3.69. The number of aryl methyl sites for hydroxylation is 1. The minimum atomic E-state index is -0.120. The second-order valence-corrected chi connectivity index (χ2v) is 7.40. The van der Waals surface area contributed by atoms with Gasteiger partial charge in [-0.2, -0.15) is 10.1 Å². The molecule has 0 saturated carbocycles. The number of fused-ring (bicyclic) bond motifs is 2. The van der Waals surface area contributed by atoms with Gasteiger partial charge in [0.25, 0.3) is 5.89 Å². The van der Waals surface area contributed by atoms with Gasteiger partial charge in [-0.15, -0.1) is 0 Å². The van der Waals surface area contributed by atoms with E-state index in [2.05, 4.69) is 15.2 Å². The molecule has 0 spiro atoms. The van der Waals surface area contributed by atoms with Gasteiger partial charge in [0.15, 0.2) is 17.2 Å². The molecular weight excluding hydrogens is 384 g/mol. The third-order valence-corrected chi connectivity index (χ3v) is 5.36. The zero-order valence-corrected chi connectivity index (χ0v) is 16.2. The van der Waals surface area contributed by atoms with Crippen LogP contribution in [0.15, 0.2) is 53.1 Å². The fraction of sp³-hybridized carbons (Fsp3) is 0.227. The highest BCUT2D eigenvalue weighted by Crippen LogP contribution is 2.37. The largest absolute Gasteiger partial charge is 0.454 e. The molecule has 2 aliphatic rings. The summed E-state index contributed by atoms with van der Waals surface area (Å²) in [7, 11) is 0. The molecule has 30 heavy (non-hydrogen) atoms. The Bertz CT molecular complexity index is 1230. The molecule has 4 heterocycles. The van der Waals surface area contributed by atoms with E-state index in [1.54, 1.807) is 0 Å². The van der Waals surface area contributed by atoms with E-state index in [0.29, 0.717) is 30.6 Å². The predicted octanol–water partition coefficient (Wildman–Crippen LogP) is 3.91. The average molecular weight is 402 g/mol. The van der Waals surface area contributed by atoms with Crippen molar-refractivity contribution < 1.29 is 18.7 Å². The maximum absolute atomic E-state index is 6.06. The van der Waals surface area contributed by atoms with Crippen molar-refractivity contribution >= 4 is 0 Å². The summed E-state index contributed by atoms with van der Waals surface area (Å²) in [6.45, 7) is 3.34. The Kier molecular flexibility index (Phi) is 3.85. The van der Waals surface area contributed by atoms with E-state index in [9.17, 15) is 0 Å². The minimum Gasteiger partial charge on any atom is -0.454 e. The Morgan fingerprint density at radius 3 is 2.77 bits per heavy atom. The van der Waals surface area contributed by atoms with Crippen molar-refractivity contribution in [3.8, 4) is 34.5 Å². The molecule has 1 atom stereocenters. The van der Waals surface area contributed by atoms with E-state index < -0.39 is 0 Å². The van der Waals surface area contributed by atoms with Crippen LogP contribution in [-0.2, 0) is 17.9 Å². The van der Waals surface area contributed by atoms with E-state index in [0.717, 1.165) is 28.3 Å². The number of rotatable bonds is 3. The lowest BCUT2D eigenvalue weighted by Crippen LogP contribution is -2.21. The van der Waals surface area contributed by atoms with Gasteiger partial charge in [0.05, 0.1) is 18.8 Å². The Morgan fingerprint density at radius 2 is 1.87 bits per heavy atom. The van der Waals surface area contributed by atoms with E-state index >= 15 is 0 Å². The van der Waals surface area contributed by atoms with E-state index in [-0.39, 0.29) is 12.9 Å². The molecule has 0 unspecified atom stereocenters.